The van der Waals surface area contributed by atoms with Crippen molar-refractivity contribution in [3.63, 3.8) is 0 Å². The molecule has 4 N–H and O–H groups in total. The van der Waals surface area contributed by atoms with Gasteiger partial charge in [-0.05, 0) is 39.3 Å². The number of benzene rings is 1. The van der Waals surface area contributed by atoms with Crippen LogP contribution in [0.15, 0.2) is 24.3 Å². The average Bonchev–Trinajstić information content (AvgIpc) is 2.43. The van der Waals surface area contributed by atoms with Gasteiger partial charge in [0.05, 0.1) is 0 Å². The fourth-order valence-electron chi connectivity index (χ4n) is 1.63. The number of amides is 2. The summed E-state index contributed by atoms with van der Waals surface area (Å²) in [6.45, 7) is 6.18. The smallest absolute Gasteiger partial charge is 0.407 e. The maximum absolute atomic E-state index is 11.6. The number of anilines is 1. The third-order valence-electron chi connectivity index (χ3n) is 2.57. The average molecular weight is 323 g/mol. The normalized spacial score (nSPS) is 10.7. The van der Waals surface area contributed by atoms with Crippen LogP contribution in [0, 0.1) is 0 Å². The first-order valence-corrected chi connectivity index (χ1v) is 7.48. The first-order valence-electron chi connectivity index (χ1n) is 7.48. The largest absolute Gasteiger partial charge is 0.484 e. The van der Waals surface area contributed by atoms with E-state index < -0.39 is 11.7 Å². The van der Waals surface area contributed by atoms with Gasteiger partial charge in [0, 0.05) is 24.8 Å². The lowest BCUT2D eigenvalue weighted by molar-refractivity contribution is -0.123. The van der Waals surface area contributed by atoms with Crippen LogP contribution in [-0.2, 0) is 9.53 Å². The molecule has 0 aliphatic carbocycles. The minimum absolute atomic E-state index is 0.0804. The van der Waals surface area contributed by atoms with Gasteiger partial charge in [0.25, 0.3) is 5.91 Å². The quantitative estimate of drug-likeness (QED) is 0.523. The maximum atomic E-state index is 11.6. The van der Waals surface area contributed by atoms with Crippen LogP contribution in [0.4, 0.5) is 10.5 Å². The second-order valence-corrected chi connectivity index (χ2v) is 5.99. The van der Waals surface area contributed by atoms with Crippen molar-refractivity contribution in [2.24, 2.45) is 0 Å². The Hall–Kier alpha value is -2.44. The van der Waals surface area contributed by atoms with Crippen molar-refractivity contribution in [2.45, 2.75) is 32.8 Å². The molecule has 7 heteroatoms. The van der Waals surface area contributed by atoms with Gasteiger partial charge in [0.2, 0.25) is 0 Å². The lowest BCUT2D eigenvalue weighted by atomic mass is 10.2. The van der Waals surface area contributed by atoms with E-state index in [1.54, 1.807) is 45.0 Å². The Morgan fingerprint density at radius 2 is 1.87 bits per heavy atom. The van der Waals surface area contributed by atoms with Gasteiger partial charge in [-0.25, -0.2) is 4.79 Å². The molecule has 0 radical (unpaired) electrons. The summed E-state index contributed by atoms with van der Waals surface area (Å²) in [5.74, 6) is 0.316. The first-order chi connectivity index (χ1) is 10.8. The molecule has 2 amide bonds. The Labute approximate surface area is 136 Å². The molecule has 0 aliphatic rings. The number of nitrogens with one attached hydrogen (secondary N) is 2. The summed E-state index contributed by atoms with van der Waals surface area (Å²) in [5, 5.41) is 5.32. The van der Waals surface area contributed by atoms with Crippen LogP contribution < -0.4 is 21.1 Å². The van der Waals surface area contributed by atoms with Gasteiger partial charge in [0.1, 0.15) is 11.4 Å². The molecular weight excluding hydrogens is 298 g/mol. The van der Waals surface area contributed by atoms with E-state index in [0.717, 1.165) is 0 Å². The molecule has 1 aromatic carbocycles. The van der Waals surface area contributed by atoms with E-state index in [1.807, 2.05) is 0 Å². The van der Waals surface area contributed by atoms with Crippen molar-refractivity contribution >= 4 is 17.7 Å². The SMILES string of the molecule is CC(C)(C)OC(=O)NCCCNC(=O)COc1cccc(N)c1. The van der Waals surface area contributed by atoms with E-state index in [1.165, 1.54) is 0 Å². The van der Waals surface area contributed by atoms with E-state index in [9.17, 15) is 9.59 Å². The molecule has 0 unspecified atom stereocenters. The van der Waals surface area contributed by atoms with E-state index in [2.05, 4.69) is 10.6 Å². The summed E-state index contributed by atoms with van der Waals surface area (Å²) in [5.41, 5.74) is 5.68. The zero-order valence-electron chi connectivity index (χ0n) is 13.8. The zero-order valence-corrected chi connectivity index (χ0v) is 13.8. The topological polar surface area (TPSA) is 103 Å². The van der Waals surface area contributed by atoms with Crippen LogP contribution in [0.1, 0.15) is 27.2 Å². The number of rotatable bonds is 7. The van der Waals surface area contributed by atoms with Gasteiger partial charge in [-0.1, -0.05) is 6.07 Å². The zero-order chi connectivity index (χ0) is 17.3. The maximum Gasteiger partial charge on any atom is 0.407 e. The van der Waals surface area contributed by atoms with Crippen LogP contribution in [-0.4, -0.2) is 37.3 Å². The Bertz CT molecular complexity index is 526. The van der Waals surface area contributed by atoms with E-state index in [0.29, 0.717) is 30.9 Å². The molecule has 23 heavy (non-hydrogen) atoms. The van der Waals surface area contributed by atoms with Crippen LogP contribution in [0.5, 0.6) is 5.75 Å². The van der Waals surface area contributed by atoms with Gasteiger partial charge in [-0.15, -0.1) is 0 Å². The van der Waals surface area contributed by atoms with Crippen molar-refractivity contribution in [3.8, 4) is 5.75 Å². The molecule has 0 aromatic heterocycles. The highest BCUT2D eigenvalue weighted by Crippen LogP contribution is 2.13. The second-order valence-electron chi connectivity index (χ2n) is 5.99. The van der Waals surface area contributed by atoms with Crippen molar-refractivity contribution in [3.05, 3.63) is 24.3 Å². The molecule has 0 heterocycles. The van der Waals surface area contributed by atoms with Crippen LogP contribution in [0.25, 0.3) is 0 Å². The highest BCUT2D eigenvalue weighted by atomic mass is 16.6. The minimum atomic E-state index is -0.517. The Morgan fingerprint density at radius 1 is 1.17 bits per heavy atom. The number of hydrogen-bond donors (Lipinski definition) is 3. The Kier molecular flexibility index (Phi) is 7.18. The van der Waals surface area contributed by atoms with Crippen molar-refractivity contribution in [1.82, 2.24) is 10.6 Å². The highest BCUT2D eigenvalue weighted by molar-refractivity contribution is 5.77. The predicted molar refractivity (Wildman–Crippen MR) is 88.2 cm³/mol. The molecule has 7 nitrogen and oxygen atoms in total. The number of carbonyl (C=O) groups excluding carboxylic acids is 2. The molecular formula is C16H25N3O4. The fraction of sp³-hybridized carbons (Fsp3) is 0.500. The lowest BCUT2D eigenvalue weighted by Gasteiger charge is -2.19. The molecule has 0 saturated heterocycles. The number of alkyl carbamates (subject to hydrolysis) is 1. The summed E-state index contributed by atoms with van der Waals surface area (Å²) in [6.07, 6.45) is 0.136. The molecule has 1 aromatic rings. The second kappa shape index (κ2) is 8.87. The summed E-state index contributed by atoms with van der Waals surface area (Å²) >= 11 is 0. The van der Waals surface area contributed by atoms with E-state index in [-0.39, 0.29) is 12.5 Å². The number of nitrogen functional groups attached to an aromatic ring is 1. The third kappa shape index (κ3) is 9.23. The van der Waals surface area contributed by atoms with Gasteiger partial charge in [-0.3, -0.25) is 4.79 Å². The van der Waals surface area contributed by atoms with Gasteiger partial charge in [0.15, 0.2) is 6.61 Å². The van der Waals surface area contributed by atoms with Gasteiger partial charge >= 0.3 is 6.09 Å². The molecule has 0 atom stereocenters. The summed E-state index contributed by atoms with van der Waals surface area (Å²) in [6, 6.07) is 6.88. The molecule has 128 valence electrons. The third-order valence-corrected chi connectivity index (χ3v) is 2.57. The summed E-state index contributed by atoms with van der Waals surface area (Å²) in [4.78, 5) is 23.0. The minimum Gasteiger partial charge on any atom is -0.484 e. The number of nitrogens with two attached hydrogens (primary N) is 1. The summed E-state index contributed by atoms with van der Waals surface area (Å²) < 4.78 is 10.4. The van der Waals surface area contributed by atoms with Gasteiger partial charge < -0.3 is 25.8 Å². The Balaban J connectivity index is 2.09. The standard InChI is InChI=1S/C16H25N3O4/c1-16(2,3)23-15(21)19-9-5-8-18-14(20)11-22-13-7-4-6-12(17)10-13/h4,6-7,10H,5,8-9,11,17H2,1-3H3,(H,18,20)(H,19,21). The molecule has 0 bridgehead atoms. The summed E-state index contributed by atoms with van der Waals surface area (Å²) in [7, 11) is 0. The predicted octanol–water partition coefficient (Wildman–Crippen LogP) is 1.68. The molecule has 0 fully saturated rings. The number of ether oxygens (including phenoxy) is 2. The van der Waals surface area contributed by atoms with E-state index >= 15 is 0 Å². The van der Waals surface area contributed by atoms with Crippen molar-refractivity contribution in [1.29, 1.82) is 0 Å². The van der Waals surface area contributed by atoms with Crippen LogP contribution >= 0.6 is 0 Å². The van der Waals surface area contributed by atoms with Crippen molar-refractivity contribution < 1.29 is 19.1 Å². The van der Waals surface area contributed by atoms with Crippen LogP contribution in [0.2, 0.25) is 0 Å². The molecule has 0 spiro atoms. The molecule has 0 saturated carbocycles. The Morgan fingerprint density at radius 3 is 2.52 bits per heavy atom. The highest BCUT2D eigenvalue weighted by Gasteiger charge is 2.15. The monoisotopic (exact) mass is 323 g/mol. The molecule has 0 aliphatic heterocycles. The van der Waals surface area contributed by atoms with Gasteiger partial charge in [-0.2, -0.15) is 0 Å². The first kappa shape index (κ1) is 18.6. The van der Waals surface area contributed by atoms with E-state index in [4.69, 9.17) is 15.2 Å². The number of carbonyl (C=O) groups is 2. The molecule has 1 rings (SSSR count). The fourth-order valence-corrected chi connectivity index (χ4v) is 1.63. The van der Waals surface area contributed by atoms with Crippen LogP contribution in [0.3, 0.4) is 0 Å². The van der Waals surface area contributed by atoms with Crippen molar-refractivity contribution in [2.75, 3.05) is 25.4 Å². The number of hydrogen-bond acceptors (Lipinski definition) is 5. The lowest BCUT2D eigenvalue weighted by Crippen LogP contribution is -2.35.